The first-order valence-electron chi connectivity index (χ1n) is 7.55. The van der Waals surface area contributed by atoms with E-state index in [0.717, 1.165) is 16.5 Å². The second kappa shape index (κ2) is 6.88. The highest BCUT2D eigenvalue weighted by atomic mass is 16.6. The number of benzene rings is 1. The smallest absolute Gasteiger partial charge is 0.310 e. The largest absolute Gasteiger partial charge is 0.463 e. The van der Waals surface area contributed by atoms with Crippen LogP contribution in [0.5, 0.6) is 0 Å². The van der Waals surface area contributed by atoms with Gasteiger partial charge in [0, 0.05) is 17.1 Å². The quantitative estimate of drug-likeness (QED) is 0.455. The summed E-state index contributed by atoms with van der Waals surface area (Å²) in [5, 5.41) is 39.1. The number of para-hydroxylation sites is 1. The number of aromatic amines is 1. The van der Waals surface area contributed by atoms with Crippen LogP contribution in [0.25, 0.3) is 10.9 Å². The molecule has 2 aromatic rings. The summed E-state index contributed by atoms with van der Waals surface area (Å²) in [7, 11) is 0. The lowest BCUT2D eigenvalue weighted by molar-refractivity contribution is -0.287. The van der Waals surface area contributed by atoms with Crippen molar-refractivity contribution in [1.82, 2.24) is 4.98 Å². The Labute approximate surface area is 137 Å². The fourth-order valence-electron chi connectivity index (χ4n) is 2.73. The van der Waals surface area contributed by atoms with E-state index >= 15 is 0 Å². The number of aliphatic hydroxyl groups is 4. The van der Waals surface area contributed by atoms with Crippen LogP contribution in [-0.2, 0) is 20.7 Å². The van der Waals surface area contributed by atoms with Gasteiger partial charge in [0.2, 0.25) is 0 Å². The zero-order chi connectivity index (χ0) is 17.3. The maximum Gasteiger partial charge on any atom is 0.310 e. The van der Waals surface area contributed by atoms with Crippen molar-refractivity contribution in [3.8, 4) is 0 Å². The minimum Gasteiger partial charge on any atom is -0.463 e. The molecule has 0 amide bonds. The van der Waals surface area contributed by atoms with E-state index < -0.39 is 36.7 Å². The summed E-state index contributed by atoms with van der Waals surface area (Å²) in [6.07, 6.45) is -5.68. The molecule has 0 bridgehead atoms. The molecule has 24 heavy (non-hydrogen) atoms. The van der Waals surface area contributed by atoms with Crippen LogP contribution in [0.15, 0.2) is 30.5 Å². The average Bonchev–Trinajstić information content (AvgIpc) is 2.98. The Kier molecular flexibility index (Phi) is 4.83. The average molecular weight is 337 g/mol. The Bertz CT molecular complexity index is 715. The molecule has 1 aromatic heterocycles. The lowest BCUT2D eigenvalue weighted by Crippen LogP contribution is -2.58. The monoisotopic (exact) mass is 337 g/mol. The number of carbonyl (C=O) groups excluding carboxylic acids is 1. The number of ether oxygens (including phenoxy) is 2. The first-order chi connectivity index (χ1) is 11.5. The summed E-state index contributed by atoms with van der Waals surface area (Å²) in [6, 6.07) is 7.53. The van der Waals surface area contributed by atoms with E-state index in [9.17, 15) is 25.2 Å². The van der Waals surface area contributed by atoms with E-state index in [0.29, 0.717) is 0 Å². The number of hydrogen-bond donors (Lipinski definition) is 5. The molecule has 1 aliphatic rings. The SMILES string of the molecule is O=C(Cc1c[nH]c2ccccc12)OC[C@H]1O[C@@H](O)[C@H](O)[C@@H](O)[C@@H]1O. The second-order valence-corrected chi connectivity index (χ2v) is 5.76. The molecule has 0 aliphatic carbocycles. The maximum atomic E-state index is 12.0. The van der Waals surface area contributed by atoms with Crippen molar-refractivity contribution in [2.45, 2.75) is 37.1 Å². The third-order valence-electron chi connectivity index (χ3n) is 4.11. The minimum absolute atomic E-state index is 0.0283. The van der Waals surface area contributed by atoms with Gasteiger partial charge in [-0.05, 0) is 11.6 Å². The molecule has 8 nitrogen and oxygen atoms in total. The third-order valence-corrected chi connectivity index (χ3v) is 4.11. The van der Waals surface area contributed by atoms with Gasteiger partial charge in [0.1, 0.15) is 31.0 Å². The molecule has 1 aliphatic heterocycles. The van der Waals surface area contributed by atoms with Gasteiger partial charge in [-0.3, -0.25) is 4.79 Å². The molecule has 130 valence electrons. The van der Waals surface area contributed by atoms with E-state index in [1.54, 1.807) is 6.20 Å². The Morgan fingerprint density at radius 3 is 2.67 bits per heavy atom. The van der Waals surface area contributed by atoms with Crippen LogP contribution in [0, 0.1) is 0 Å². The standard InChI is InChI=1S/C16H19NO7/c18-12(5-8-6-17-10-4-2-1-3-9(8)10)23-7-11-13(19)14(20)15(21)16(22)24-11/h1-4,6,11,13-17,19-22H,5,7H2/t11-,13-,14+,15-,16-/m1/s1. The van der Waals surface area contributed by atoms with Crippen molar-refractivity contribution in [2.24, 2.45) is 0 Å². The van der Waals surface area contributed by atoms with Crippen LogP contribution in [-0.4, -0.2) is 68.7 Å². The van der Waals surface area contributed by atoms with Crippen molar-refractivity contribution in [2.75, 3.05) is 6.61 Å². The fourth-order valence-corrected chi connectivity index (χ4v) is 2.73. The third kappa shape index (κ3) is 3.28. The van der Waals surface area contributed by atoms with Gasteiger partial charge < -0.3 is 34.9 Å². The molecule has 0 radical (unpaired) electrons. The van der Waals surface area contributed by atoms with Gasteiger partial charge >= 0.3 is 5.97 Å². The summed E-state index contributed by atoms with van der Waals surface area (Å²) in [6.45, 7) is -0.344. The lowest BCUT2D eigenvalue weighted by atomic mass is 9.99. The van der Waals surface area contributed by atoms with Gasteiger partial charge in [-0.1, -0.05) is 18.2 Å². The Hall–Kier alpha value is -1.97. The van der Waals surface area contributed by atoms with E-state index in [4.69, 9.17) is 9.47 Å². The highest BCUT2D eigenvalue weighted by Crippen LogP contribution is 2.21. The van der Waals surface area contributed by atoms with E-state index in [1.807, 2.05) is 24.3 Å². The van der Waals surface area contributed by atoms with Crippen LogP contribution < -0.4 is 0 Å². The van der Waals surface area contributed by atoms with Crippen LogP contribution in [0.2, 0.25) is 0 Å². The molecule has 0 spiro atoms. The first kappa shape index (κ1) is 16.9. The molecule has 2 heterocycles. The van der Waals surface area contributed by atoms with Crippen molar-refractivity contribution in [3.63, 3.8) is 0 Å². The zero-order valence-electron chi connectivity index (χ0n) is 12.7. The van der Waals surface area contributed by atoms with Crippen molar-refractivity contribution < 1.29 is 34.7 Å². The topological polar surface area (TPSA) is 132 Å². The highest BCUT2D eigenvalue weighted by Gasteiger charge is 2.43. The lowest BCUT2D eigenvalue weighted by Gasteiger charge is -2.37. The summed E-state index contributed by atoms with van der Waals surface area (Å²) in [4.78, 5) is 15.0. The first-order valence-corrected chi connectivity index (χ1v) is 7.55. The summed E-state index contributed by atoms with van der Waals surface area (Å²) < 4.78 is 10.0. The molecule has 3 rings (SSSR count). The van der Waals surface area contributed by atoms with Crippen molar-refractivity contribution >= 4 is 16.9 Å². The molecule has 1 aromatic carbocycles. The Morgan fingerprint density at radius 1 is 1.12 bits per heavy atom. The molecule has 1 fully saturated rings. The van der Waals surface area contributed by atoms with Gasteiger partial charge in [0.25, 0.3) is 0 Å². The molecule has 5 atom stereocenters. The van der Waals surface area contributed by atoms with Crippen molar-refractivity contribution in [3.05, 3.63) is 36.0 Å². The molecule has 5 N–H and O–H groups in total. The normalized spacial score (nSPS) is 30.4. The van der Waals surface area contributed by atoms with Gasteiger partial charge in [0.05, 0.1) is 6.42 Å². The van der Waals surface area contributed by atoms with Gasteiger partial charge in [-0.25, -0.2) is 0 Å². The number of H-pyrrole nitrogens is 1. The van der Waals surface area contributed by atoms with Gasteiger partial charge in [-0.15, -0.1) is 0 Å². The van der Waals surface area contributed by atoms with Crippen LogP contribution in [0.1, 0.15) is 5.56 Å². The maximum absolute atomic E-state index is 12.0. The minimum atomic E-state index is -1.65. The second-order valence-electron chi connectivity index (χ2n) is 5.76. The predicted octanol–water partition coefficient (Wildman–Crippen LogP) is -0.947. The molecule has 8 heteroatoms. The summed E-state index contributed by atoms with van der Waals surface area (Å²) >= 11 is 0. The Morgan fingerprint density at radius 2 is 1.88 bits per heavy atom. The number of esters is 1. The number of aromatic nitrogens is 1. The summed E-state index contributed by atoms with van der Waals surface area (Å²) in [5.41, 5.74) is 1.68. The number of hydrogen-bond acceptors (Lipinski definition) is 7. The molecule has 1 saturated heterocycles. The molecule has 0 saturated carbocycles. The zero-order valence-corrected chi connectivity index (χ0v) is 12.7. The van der Waals surface area contributed by atoms with Crippen LogP contribution in [0.4, 0.5) is 0 Å². The van der Waals surface area contributed by atoms with Gasteiger partial charge in [-0.2, -0.15) is 0 Å². The van der Waals surface area contributed by atoms with Crippen molar-refractivity contribution in [1.29, 1.82) is 0 Å². The molecular formula is C16H19NO7. The van der Waals surface area contributed by atoms with E-state index in [-0.39, 0.29) is 13.0 Å². The number of nitrogens with one attached hydrogen (secondary N) is 1. The molecule has 0 unspecified atom stereocenters. The van der Waals surface area contributed by atoms with Gasteiger partial charge in [0.15, 0.2) is 6.29 Å². The molecular weight excluding hydrogens is 318 g/mol. The van der Waals surface area contributed by atoms with E-state index in [2.05, 4.69) is 4.98 Å². The number of fused-ring (bicyclic) bond motifs is 1. The number of carbonyl (C=O) groups is 1. The van der Waals surface area contributed by atoms with Crippen LogP contribution in [0.3, 0.4) is 0 Å². The van der Waals surface area contributed by atoms with E-state index in [1.165, 1.54) is 0 Å². The highest BCUT2D eigenvalue weighted by molar-refractivity contribution is 5.87. The number of rotatable bonds is 4. The predicted molar refractivity (Wildman–Crippen MR) is 81.9 cm³/mol. The number of aliphatic hydroxyl groups excluding tert-OH is 4. The van der Waals surface area contributed by atoms with Crippen LogP contribution >= 0.6 is 0 Å². The Balaban J connectivity index is 1.58. The summed E-state index contributed by atoms with van der Waals surface area (Å²) in [5.74, 6) is -0.536. The fraction of sp³-hybridized carbons (Fsp3) is 0.438.